The van der Waals surface area contributed by atoms with Gasteiger partial charge in [-0.2, -0.15) is 0 Å². The van der Waals surface area contributed by atoms with Crippen LogP contribution in [-0.4, -0.2) is 19.1 Å². The van der Waals surface area contributed by atoms with E-state index >= 15 is 0 Å². The molecule has 0 aliphatic heterocycles. The van der Waals surface area contributed by atoms with Crippen LogP contribution >= 0.6 is 23.7 Å². The summed E-state index contributed by atoms with van der Waals surface area (Å²) >= 11 is 1.59. The number of ether oxygens (including phenoxy) is 1. The molecular weight excluding hydrogens is 308 g/mol. The summed E-state index contributed by atoms with van der Waals surface area (Å²) in [5.41, 5.74) is 7.89. The Hall–Kier alpha value is -1.56. The normalized spacial score (nSPS) is 9.86. The van der Waals surface area contributed by atoms with Crippen molar-refractivity contribution in [3.63, 3.8) is 0 Å². The summed E-state index contributed by atoms with van der Waals surface area (Å²) < 4.78 is 5.39. The molecule has 1 aromatic heterocycles. The maximum absolute atomic E-state index is 12.2. The molecule has 0 radical (unpaired) electrons. The van der Waals surface area contributed by atoms with Crippen LogP contribution in [0.15, 0.2) is 29.6 Å². The third-order valence-corrected chi connectivity index (χ3v) is 4.04. The lowest BCUT2D eigenvalue weighted by atomic mass is 10.1. The van der Waals surface area contributed by atoms with Crippen LogP contribution in [0.2, 0.25) is 0 Å². The van der Waals surface area contributed by atoms with E-state index in [1.165, 1.54) is 4.88 Å². The fourth-order valence-electron chi connectivity index (χ4n) is 1.75. The zero-order valence-corrected chi connectivity index (χ0v) is 13.6. The molecule has 2 rings (SSSR count). The number of nitrogens with two attached hydrogens (primary N) is 1. The Morgan fingerprint density at radius 3 is 2.48 bits per heavy atom. The number of rotatable bonds is 5. The smallest absolute Gasteiger partial charge is 0.256 e. The first-order valence-corrected chi connectivity index (χ1v) is 7.28. The van der Waals surface area contributed by atoms with Crippen molar-refractivity contribution in [1.82, 2.24) is 0 Å². The quantitative estimate of drug-likeness (QED) is 0.885. The first-order valence-electron chi connectivity index (χ1n) is 6.41. The lowest BCUT2D eigenvalue weighted by molar-refractivity contribution is 0.102. The average molecular weight is 327 g/mol. The molecule has 114 valence electrons. The fraction of sp³-hybridized carbons (Fsp3) is 0.267. The maximum atomic E-state index is 12.2. The van der Waals surface area contributed by atoms with Crippen LogP contribution in [-0.2, 0) is 0 Å². The Balaban J connectivity index is 0.00000220. The van der Waals surface area contributed by atoms with Gasteiger partial charge in [-0.25, -0.2) is 0 Å². The van der Waals surface area contributed by atoms with Crippen LogP contribution in [0, 0.1) is 13.8 Å². The van der Waals surface area contributed by atoms with Crippen molar-refractivity contribution >= 4 is 35.3 Å². The van der Waals surface area contributed by atoms with Gasteiger partial charge in [0.2, 0.25) is 0 Å². The standard InChI is InChI=1S/C15H18N2O2S.ClH/c1-10-11(2)20-9-14(10)15(18)17-12-3-5-13(6-4-12)19-8-7-16;/h3-6,9H,7-8,16H2,1-2H3,(H,17,18);1H. The molecule has 1 heterocycles. The number of benzene rings is 1. The minimum atomic E-state index is -0.0810. The molecule has 21 heavy (non-hydrogen) atoms. The molecule has 4 nitrogen and oxygen atoms in total. The Morgan fingerprint density at radius 1 is 1.29 bits per heavy atom. The molecule has 0 aliphatic rings. The topological polar surface area (TPSA) is 64.3 Å². The maximum Gasteiger partial charge on any atom is 0.256 e. The Morgan fingerprint density at radius 2 is 1.95 bits per heavy atom. The Kier molecular flexibility index (Phi) is 6.68. The summed E-state index contributed by atoms with van der Waals surface area (Å²) in [5, 5.41) is 4.77. The third-order valence-electron chi connectivity index (χ3n) is 3.03. The molecule has 2 aromatic rings. The Labute approximate surface area is 134 Å². The van der Waals surface area contributed by atoms with E-state index in [2.05, 4.69) is 5.32 Å². The predicted molar refractivity (Wildman–Crippen MR) is 90.0 cm³/mol. The van der Waals surface area contributed by atoms with Gasteiger partial charge in [0.25, 0.3) is 5.91 Å². The van der Waals surface area contributed by atoms with Gasteiger partial charge in [-0.1, -0.05) is 0 Å². The number of nitrogens with one attached hydrogen (secondary N) is 1. The van der Waals surface area contributed by atoms with E-state index in [4.69, 9.17) is 10.5 Å². The number of hydrogen-bond acceptors (Lipinski definition) is 4. The van der Waals surface area contributed by atoms with Crippen LogP contribution in [0.4, 0.5) is 5.69 Å². The average Bonchev–Trinajstić information content (AvgIpc) is 2.78. The number of aryl methyl sites for hydroxylation is 1. The van der Waals surface area contributed by atoms with E-state index < -0.39 is 0 Å². The van der Waals surface area contributed by atoms with E-state index in [-0.39, 0.29) is 18.3 Å². The van der Waals surface area contributed by atoms with Gasteiger partial charge < -0.3 is 15.8 Å². The lowest BCUT2D eigenvalue weighted by Gasteiger charge is -2.07. The van der Waals surface area contributed by atoms with Gasteiger partial charge in [0.1, 0.15) is 12.4 Å². The minimum Gasteiger partial charge on any atom is -0.492 e. The molecular formula is C15H19ClN2O2S. The summed E-state index contributed by atoms with van der Waals surface area (Å²) in [7, 11) is 0. The van der Waals surface area contributed by atoms with Gasteiger partial charge in [0, 0.05) is 22.5 Å². The van der Waals surface area contributed by atoms with Crippen LogP contribution in [0.1, 0.15) is 20.8 Å². The minimum absolute atomic E-state index is 0. The van der Waals surface area contributed by atoms with Gasteiger partial charge in [0.05, 0.1) is 5.56 Å². The fourth-order valence-corrected chi connectivity index (χ4v) is 2.61. The largest absolute Gasteiger partial charge is 0.492 e. The molecule has 0 fully saturated rings. The number of amides is 1. The summed E-state index contributed by atoms with van der Waals surface area (Å²) in [4.78, 5) is 13.3. The zero-order valence-electron chi connectivity index (χ0n) is 12.0. The number of hydrogen-bond donors (Lipinski definition) is 2. The van der Waals surface area contributed by atoms with Gasteiger partial charge >= 0.3 is 0 Å². The van der Waals surface area contributed by atoms with Crippen LogP contribution < -0.4 is 15.8 Å². The van der Waals surface area contributed by atoms with Gasteiger partial charge in [-0.05, 0) is 43.7 Å². The second-order valence-corrected chi connectivity index (χ2v) is 5.53. The monoisotopic (exact) mass is 326 g/mol. The van der Waals surface area contributed by atoms with E-state index in [0.29, 0.717) is 13.2 Å². The zero-order chi connectivity index (χ0) is 14.5. The second kappa shape index (κ2) is 8.02. The number of halogens is 1. The van der Waals surface area contributed by atoms with Crippen molar-refractivity contribution in [1.29, 1.82) is 0 Å². The van der Waals surface area contributed by atoms with Crippen molar-refractivity contribution in [2.75, 3.05) is 18.5 Å². The molecule has 0 saturated carbocycles. The van der Waals surface area contributed by atoms with Gasteiger partial charge in [-0.15, -0.1) is 23.7 Å². The molecule has 1 aromatic carbocycles. The van der Waals surface area contributed by atoms with Crippen LogP contribution in [0.25, 0.3) is 0 Å². The molecule has 0 unspecified atom stereocenters. The number of carbonyl (C=O) groups is 1. The number of anilines is 1. The molecule has 0 aliphatic carbocycles. The number of carbonyl (C=O) groups excluding carboxylic acids is 1. The summed E-state index contributed by atoms with van der Waals surface area (Å²) in [6.07, 6.45) is 0. The van der Waals surface area contributed by atoms with Crippen LogP contribution in [0.3, 0.4) is 0 Å². The molecule has 1 amide bonds. The highest BCUT2D eigenvalue weighted by Gasteiger charge is 2.12. The highest BCUT2D eigenvalue weighted by atomic mass is 35.5. The first-order chi connectivity index (χ1) is 9.61. The highest BCUT2D eigenvalue weighted by Crippen LogP contribution is 2.22. The second-order valence-electron chi connectivity index (χ2n) is 4.45. The third kappa shape index (κ3) is 4.46. The first kappa shape index (κ1) is 17.5. The molecule has 0 atom stereocenters. The van der Waals surface area contributed by atoms with E-state index in [1.54, 1.807) is 11.3 Å². The van der Waals surface area contributed by atoms with E-state index in [1.807, 2.05) is 43.5 Å². The van der Waals surface area contributed by atoms with E-state index in [0.717, 1.165) is 22.6 Å². The number of thiophene rings is 1. The SMILES string of the molecule is Cc1scc(C(=O)Nc2ccc(OCCN)cc2)c1C.Cl. The summed E-state index contributed by atoms with van der Waals surface area (Å²) in [6, 6.07) is 7.27. The van der Waals surface area contributed by atoms with E-state index in [9.17, 15) is 4.79 Å². The van der Waals surface area contributed by atoms with Gasteiger partial charge in [0.15, 0.2) is 0 Å². The van der Waals surface area contributed by atoms with Crippen molar-refractivity contribution in [3.05, 3.63) is 45.6 Å². The molecule has 0 spiro atoms. The van der Waals surface area contributed by atoms with Crippen molar-refractivity contribution in [2.24, 2.45) is 5.73 Å². The summed E-state index contributed by atoms with van der Waals surface area (Å²) in [5.74, 6) is 0.665. The van der Waals surface area contributed by atoms with Gasteiger partial charge in [-0.3, -0.25) is 4.79 Å². The predicted octanol–water partition coefficient (Wildman–Crippen LogP) is 3.38. The van der Waals surface area contributed by atoms with Crippen molar-refractivity contribution < 1.29 is 9.53 Å². The van der Waals surface area contributed by atoms with Crippen molar-refractivity contribution in [2.45, 2.75) is 13.8 Å². The van der Waals surface area contributed by atoms with Crippen molar-refractivity contribution in [3.8, 4) is 5.75 Å². The molecule has 0 bridgehead atoms. The molecule has 6 heteroatoms. The molecule has 0 saturated heterocycles. The Bertz CT molecular complexity index is 596. The highest BCUT2D eigenvalue weighted by molar-refractivity contribution is 7.10. The lowest BCUT2D eigenvalue weighted by Crippen LogP contribution is -2.12. The van der Waals surface area contributed by atoms with Crippen LogP contribution in [0.5, 0.6) is 5.75 Å². The summed E-state index contributed by atoms with van der Waals surface area (Å²) in [6.45, 7) is 4.94. The molecule has 3 N–H and O–H groups in total.